The van der Waals surface area contributed by atoms with E-state index in [4.69, 9.17) is 5.73 Å². The molecule has 2 heterocycles. The predicted molar refractivity (Wildman–Crippen MR) is 81.7 cm³/mol. The molecule has 5 heteroatoms. The van der Waals surface area contributed by atoms with Crippen LogP contribution in [0.5, 0.6) is 0 Å². The molecule has 1 atom stereocenters. The zero-order valence-electron chi connectivity index (χ0n) is 12.0. The van der Waals surface area contributed by atoms with Gasteiger partial charge in [-0.3, -0.25) is 14.9 Å². The Morgan fingerprint density at radius 1 is 1.24 bits per heavy atom. The number of nitrogens with zero attached hydrogens (tertiary/aromatic N) is 3. The van der Waals surface area contributed by atoms with Gasteiger partial charge in [-0.15, -0.1) is 0 Å². The Morgan fingerprint density at radius 2 is 2.00 bits per heavy atom. The first-order valence-electron chi connectivity index (χ1n) is 6.80. The number of aliphatic imine (C=N–C) groups is 1. The molecule has 0 radical (unpaired) electrons. The van der Waals surface area contributed by atoms with Gasteiger partial charge in [-0.25, -0.2) is 4.39 Å². The van der Waals surface area contributed by atoms with Gasteiger partial charge >= 0.3 is 0 Å². The monoisotopic (exact) mass is 284 g/mol. The van der Waals surface area contributed by atoms with E-state index < -0.39 is 5.54 Å². The first-order chi connectivity index (χ1) is 10.0. The third-order valence-corrected chi connectivity index (χ3v) is 3.91. The predicted octanol–water partition coefficient (Wildman–Crippen LogP) is 2.58. The second kappa shape index (κ2) is 4.84. The molecule has 4 nitrogen and oxygen atoms in total. The van der Waals surface area contributed by atoms with Gasteiger partial charge in [0.25, 0.3) is 0 Å². The van der Waals surface area contributed by atoms with Crippen LogP contribution in [-0.4, -0.2) is 17.5 Å². The molecule has 0 bridgehead atoms. The van der Waals surface area contributed by atoms with Crippen molar-refractivity contribution in [2.24, 2.45) is 10.7 Å². The van der Waals surface area contributed by atoms with Crippen molar-refractivity contribution in [3.63, 3.8) is 0 Å². The minimum atomic E-state index is -0.510. The summed E-state index contributed by atoms with van der Waals surface area (Å²) < 4.78 is 13.1. The number of para-hydroxylation sites is 1. The molecule has 0 saturated carbocycles. The van der Waals surface area contributed by atoms with Crippen molar-refractivity contribution in [1.82, 2.24) is 4.98 Å². The number of benzene rings is 1. The fourth-order valence-electron chi connectivity index (χ4n) is 2.72. The number of hydrogen-bond acceptors (Lipinski definition) is 4. The largest absolute Gasteiger partial charge is 0.369 e. The normalized spacial score (nSPS) is 21.5. The quantitative estimate of drug-likeness (QED) is 0.922. The third kappa shape index (κ3) is 2.14. The Hall–Kier alpha value is -2.43. The number of rotatable bonds is 2. The summed E-state index contributed by atoms with van der Waals surface area (Å²) in [6, 6.07) is 11.1. The molecule has 108 valence electrons. The van der Waals surface area contributed by atoms with Gasteiger partial charge in [-0.2, -0.15) is 0 Å². The van der Waals surface area contributed by atoms with E-state index in [0.29, 0.717) is 12.5 Å². The van der Waals surface area contributed by atoms with Gasteiger partial charge in [-0.05, 0) is 37.6 Å². The van der Waals surface area contributed by atoms with Crippen LogP contribution in [0.4, 0.5) is 10.1 Å². The average molecular weight is 284 g/mol. The Morgan fingerprint density at radius 3 is 2.67 bits per heavy atom. The molecule has 1 aliphatic heterocycles. The summed E-state index contributed by atoms with van der Waals surface area (Å²) >= 11 is 0. The van der Waals surface area contributed by atoms with Crippen LogP contribution in [-0.2, 0) is 5.54 Å². The number of anilines is 1. The zero-order chi connectivity index (χ0) is 15.0. The molecular formula is C16H17FN4. The van der Waals surface area contributed by atoms with Crippen LogP contribution >= 0.6 is 0 Å². The van der Waals surface area contributed by atoms with Gasteiger partial charge in [0.2, 0.25) is 0 Å². The van der Waals surface area contributed by atoms with Crippen LogP contribution in [0.2, 0.25) is 0 Å². The van der Waals surface area contributed by atoms with Gasteiger partial charge in [0, 0.05) is 5.69 Å². The molecule has 0 fully saturated rings. The highest BCUT2D eigenvalue weighted by Gasteiger charge is 2.42. The van der Waals surface area contributed by atoms with E-state index in [-0.39, 0.29) is 5.82 Å². The number of pyridine rings is 1. The molecule has 1 aromatic carbocycles. The van der Waals surface area contributed by atoms with Crippen LogP contribution in [0.15, 0.2) is 47.6 Å². The topological polar surface area (TPSA) is 54.5 Å². The lowest BCUT2D eigenvalue weighted by Gasteiger charge is -2.36. The molecule has 0 saturated heterocycles. The van der Waals surface area contributed by atoms with Crippen LogP contribution in [0.25, 0.3) is 0 Å². The van der Waals surface area contributed by atoms with E-state index >= 15 is 0 Å². The number of aromatic nitrogens is 1. The van der Waals surface area contributed by atoms with Crippen molar-refractivity contribution < 1.29 is 4.39 Å². The number of aryl methyl sites for hydroxylation is 1. The number of halogens is 1. The Balaban J connectivity index is 2.10. The molecule has 3 rings (SSSR count). The van der Waals surface area contributed by atoms with E-state index in [1.54, 1.807) is 6.07 Å². The van der Waals surface area contributed by atoms with Gasteiger partial charge in [0.15, 0.2) is 5.96 Å². The molecule has 21 heavy (non-hydrogen) atoms. The van der Waals surface area contributed by atoms with Crippen molar-refractivity contribution in [2.75, 3.05) is 11.4 Å². The lowest BCUT2D eigenvalue weighted by molar-refractivity contribution is 0.510. The fourth-order valence-corrected chi connectivity index (χ4v) is 2.72. The highest BCUT2D eigenvalue weighted by atomic mass is 19.1. The summed E-state index contributed by atoms with van der Waals surface area (Å²) in [5.74, 6) is 0.106. The highest BCUT2D eigenvalue weighted by molar-refractivity contribution is 5.99. The summed E-state index contributed by atoms with van der Waals surface area (Å²) in [6.45, 7) is 4.54. The number of hydrogen-bond donors (Lipinski definition) is 1. The molecule has 2 aromatic rings. The summed E-state index contributed by atoms with van der Waals surface area (Å²) in [6.07, 6.45) is 1.23. The summed E-state index contributed by atoms with van der Waals surface area (Å²) in [5, 5.41) is 0. The van der Waals surface area contributed by atoms with Gasteiger partial charge in [0.05, 0.1) is 18.4 Å². The van der Waals surface area contributed by atoms with Crippen LogP contribution < -0.4 is 10.6 Å². The van der Waals surface area contributed by atoms with Crippen LogP contribution in [0, 0.1) is 12.7 Å². The van der Waals surface area contributed by atoms with Crippen LogP contribution in [0.3, 0.4) is 0 Å². The highest BCUT2D eigenvalue weighted by Crippen LogP contribution is 2.37. The molecule has 0 amide bonds. The molecule has 1 aliphatic rings. The van der Waals surface area contributed by atoms with Gasteiger partial charge < -0.3 is 5.73 Å². The summed E-state index contributed by atoms with van der Waals surface area (Å²) in [5.41, 5.74) is 8.43. The maximum absolute atomic E-state index is 13.1. The third-order valence-electron chi connectivity index (χ3n) is 3.91. The Labute approximate surface area is 123 Å². The second-order valence-electron chi connectivity index (χ2n) is 5.43. The van der Waals surface area contributed by atoms with E-state index in [1.165, 1.54) is 12.3 Å². The Kier molecular flexibility index (Phi) is 3.12. The van der Waals surface area contributed by atoms with Crippen molar-refractivity contribution in [3.05, 3.63) is 59.7 Å². The van der Waals surface area contributed by atoms with Gasteiger partial charge in [0.1, 0.15) is 11.4 Å². The van der Waals surface area contributed by atoms with Crippen molar-refractivity contribution in [1.29, 1.82) is 0 Å². The van der Waals surface area contributed by atoms with E-state index in [2.05, 4.69) is 9.98 Å². The molecule has 2 N–H and O–H groups in total. The van der Waals surface area contributed by atoms with Gasteiger partial charge in [-0.1, -0.05) is 18.2 Å². The molecule has 0 spiro atoms. The summed E-state index contributed by atoms with van der Waals surface area (Å²) in [7, 11) is 0. The smallest absolute Gasteiger partial charge is 0.196 e. The minimum absolute atomic E-state index is 0.350. The molecular weight excluding hydrogens is 267 g/mol. The molecule has 1 unspecified atom stereocenters. The van der Waals surface area contributed by atoms with E-state index in [9.17, 15) is 4.39 Å². The fraction of sp³-hybridized carbons (Fsp3) is 0.250. The minimum Gasteiger partial charge on any atom is -0.369 e. The number of guanidine groups is 1. The second-order valence-corrected chi connectivity index (χ2v) is 5.43. The zero-order valence-corrected chi connectivity index (χ0v) is 12.0. The first-order valence-corrected chi connectivity index (χ1v) is 6.80. The Bertz CT molecular complexity index is 696. The lowest BCUT2D eigenvalue weighted by Crippen LogP contribution is -2.48. The van der Waals surface area contributed by atoms with E-state index in [0.717, 1.165) is 16.9 Å². The van der Waals surface area contributed by atoms with Crippen molar-refractivity contribution in [3.8, 4) is 0 Å². The standard InChI is InChI=1S/C16H17FN4/c1-11-5-3-4-6-13(11)21-15(18)20-10-16(21,2)14-8-7-12(17)9-19-14/h3-9H,10H2,1-2H3,(H2,18,20). The first kappa shape index (κ1) is 13.5. The maximum Gasteiger partial charge on any atom is 0.196 e. The lowest BCUT2D eigenvalue weighted by atomic mass is 9.94. The van der Waals surface area contributed by atoms with Crippen molar-refractivity contribution in [2.45, 2.75) is 19.4 Å². The summed E-state index contributed by atoms with van der Waals surface area (Å²) in [4.78, 5) is 10.6. The SMILES string of the molecule is Cc1ccccc1N1C(N)=NCC1(C)c1ccc(F)cn1. The van der Waals surface area contributed by atoms with Crippen LogP contribution in [0.1, 0.15) is 18.2 Å². The number of nitrogens with two attached hydrogens (primary N) is 1. The van der Waals surface area contributed by atoms with E-state index in [1.807, 2.05) is 43.0 Å². The molecule has 0 aliphatic carbocycles. The maximum atomic E-state index is 13.1. The average Bonchev–Trinajstić information content (AvgIpc) is 2.77. The van der Waals surface area contributed by atoms with Crippen molar-refractivity contribution >= 4 is 11.6 Å². The molecule has 1 aromatic heterocycles.